The summed E-state index contributed by atoms with van der Waals surface area (Å²) in [7, 11) is 0. The molecule has 0 saturated heterocycles. The number of nitro benzene ring substituents is 1. The molecule has 0 atom stereocenters. The highest BCUT2D eigenvalue weighted by Crippen LogP contribution is 2.33. The molecule has 0 radical (unpaired) electrons. The second-order valence-corrected chi connectivity index (χ2v) is 5.11. The van der Waals surface area contributed by atoms with Crippen LogP contribution in [0, 0.1) is 13.7 Å². The molecule has 0 amide bonds. The minimum atomic E-state index is -0.520. The maximum atomic E-state index is 10.9. The van der Waals surface area contributed by atoms with Gasteiger partial charge >= 0.3 is 5.69 Å². The molecule has 2 aromatic carbocycles. The van der Waals surface area contributed by atoms with Crippen LogP contribution in [0.25, 0.3) is 0 Å². The highest BCUT2D eigenvalue weighted by atomic mass is 127. The van der Waals surface area contributed by atoms with Gasteiger partial charge in [0, 0.05) is 14.7 Å². The van der Waals surface area contributed by atoms with Gasteiger partial charge in [0.25, 0.3) is 0 Å². The number of hydrogen-bond donors (Lipinski definition) is 0. The molecule has 2 aromatic rings. The first-order chi connectivity index (χ1) is 8.56. The van der Waals surface area contributed by atoms with Crippen LogP contribution < -0.4 is 4.74 Å². The largest absolute Gasteiger partial charge is 0.450 e. The Morgan fingerprint density at radius 2 is 1.83 bits per heavy atom. The van der Waals surface area contributed by atoms with Crippen LogP contribution in [-0.4, -0.2) is 4.92 Å². The minimum Gasteiger partial charge on any atom is -0.450 e. The molecule has 0 unspecified atom stereocenters. The van der Waals surface area contributed by atoms with Gasteiger partial charge in [-0.3, -0.25) is 10.1 Å². The van der Waals surface area contributed by atoms with Crippen LogP contribution in [0.15, 0.2) is 42.5 Å². The van der Waals surface area contributed by atoms with E-state index in [1.54, 1.807) is 18.2 Å². The lowest BCUT2D eigenvalue weighted by Crippen LogP contribution is -1.93. The van der Waals surface area contributed by atoms with Gasteiger partial charge in [-0.25, -0.2) is 0 Å². The van der Waals surface area contributed by atoms with Crippen LogP contribution in [0.5, 0.6) is 11.5 Å². The highest BCUT2D eigenvalue weighted by Gasteiger charge is 2.16. The normalized spacial score (nSPS) is 10.1. The van der Waals surface area contributed by atoms with Gasteiger partial charge in [-0.05, 0) is 59.0 Å². The molecule has 0 aliphatic rings. The van der Waals surface area contributed by atoms with Gasteiger partial charge in [-0.1, -0.05) is 11.6 Å². The lowest BCUT2D eigenvalue weighted by molar-refractivity contribution is -0.385. The molecule has 0 heterocycles. The van der Waals surface area contributed by atoms with Crippen LogP contribution in [0.1, 0.15) is 0 Å². The van der Waals surface area contributed by atoms with E-state index in [1.807, 2.05) is 12.1 Å². The summed E-state index contributed by atoms with van der Waals surface area (Å²) in [5.74, 6) is 0.714. The number of hydrogen-bond acceptors (Lipinski definition) is 3. The molecule has 0 aromatic heterocycles. The summed E-state index contributed by atoms with van der Waals surface area (Å²) in [6.45, 7) is 0. The standard InChI is InChI=1S/C12H7ClINO3/c13-8-1-6-12(11(7-8)15(16)17)18-10-4-2-9(14)3-5-10/h1-7H. The summed E-state index contributed by atoms with van der Waals surface area (Å²) in [5, 5.41) is 11.2. The van der Waals surface area contributed by atoms with Crippen LogP contribution in [-0.2, 0) is 0 Å². The van der Waals surface area contributed by atoms with Gasteiger partial charge in [0.1, 0.15) is 5.75 Å². The van der Waals surface area contributed by atoms with Crippen molar-refractivity contribution >= 4 is 39.9 Å². The molecule has 0 spiro atoms. The average Bonchev–Trinajstić information content (AvgIpc) is 2.34. The molecule has 0 N–H and O–H groups in total. The number of benzene rings is 2. The maximum Gasteiger partial charge on any atom is 0.313 e. The predicted molar refractivity (Wildman–Crippen MR) is 77.3 cm³/mol. The lowest BCUT2D eigenvalue weighted by Gasteiger charge is -2.06. The quantitative estimate of drug-likeness (QED) is 0.446. The van der Waals surface area contributed by atoms with Crippen molar-refractivity contribution < 1.29 is 9.66 Å². The van der Waals surface area contributed by atoms with Crippen molar-refractivity contribution in [2.24, 2.45) is 0 Å². The topological polar surface area (TPSA) is 52.4 Å². The Morgan fingerprint density at radius 1 is 1.17 bits per heavy atom. The second kappa shape index (κ2) is 5.53. The maximum absolute atomic E-state index is 10.9. The van der Waals surface area contributed by atoms with E-state index in [1.165, 1.54) is 12.1 Å². The number of rotatable bonds is 3. The fraction of sp³-hybridized carbons (Fsp3) is 0. The Bertz CT molecular complexity index is 586. The molecular weight excluding hydrogens is 368 g/mol. The summed E-state index contributed by atoms with van der Waals surface area (Å²) in [5.41, 5.74) is -0.152. The molecule has 6 heteroatoms. The number of ether oxygens (including phenoxy) is 1. The third kappa shape index (κ3) is 3.11. The lowest BCUT2D eigenvalue weighted by atomic mass is 10.3. The van der Waals surface area contributed by atoms with Crippen molar-refractivity contribution in [2.75, 3.05) is 0 Å². The Hall–Kier alpha value is -1.34. The molecule has 92 valence electrons. The summed E-state index contributed by atoms with van der Waals surface area (Å²) in [4.78, 5) is 10.4. The molecule has 4 nitrogen and oxygen atoms in total. The SMILES string of the molecule is O=[N+]([O-])c1cc(Cl)ccc1Oc1ccc(I)cc1. The van der Waals surface area contributed by atoms with E-state index in [-0.39, 0.29) is 11.4 Å². The zero-order valence-corrected chi connectivity index (χ0v) is 11.9. The van der Waals surface area contributed by atoms with E-state index >= 15 is 0 Å². The summed E-state index contributed by atoms with van der Waals surface area (Å²) < 4.78 is 6.54. The van der Waals surface area contributed by atoms with E-state index in [0.717, 1.165) is 3.57 Å². The van der Waals surface area contributed by atoms with Crippen molar-refractivity contribution in [1.29, 1.82) is 0 Å². The van der Waals surface area contributed by atoms with Crippen molar-refractivity contribution in [3.8, 4) is 11.5 Å². The monoisotopic (exact) mass is 375 g/mol. The third-order valence-electron chi connectivity index (χ3n) is 2.16. The fourth-order valence-corrected chi connectivity index (χ4v) is 1.88. The third-order valence-corrected chi connectivity index (χ3v) is 3.11. The van der Waals surface area contributed by atoms with Crippen molar-refractivity contribution in [1.82, 2.24) is 0 Å². The molecule has 18 heavy (non-hydrogen) atoms. The highest BCUT2D eigenvalue weighted by molar-refractivity contribution is 14.1. The first kappa shape index (κ1) is 13.1. The summed E-state index contributed by atoms with van der Waals surface area (Å²) in [6, 6.07) is 11.5. The van der Waals surface area contributed by atoms with Gasteiger partial charge in [-0.15, -0.1) is 0 Å². The van der Waals surface area contributed by atoms with Crippen LogP contribution in [0.2, 0.25) is 5.02 Å². The molecule has 0 fully saturated rings. The smallest absolute Gasteiger partial charge is 0.313 e. The zero-order valence-electron chi connectivity index (χ0n) is 8.97. The van der Waals surface area contributed by atoms with Gasteiger partial charge in [0.2, 0.25) is 5.75 Å². The van der Waals surface area contributed by atoms with Gasteiger partial charge < -0.3 is 4.74 Å². The summed E-state index contributed by atoms with van der Waals surface area (Å²) >= 11 is 7.89. The first-order valence-corrected chi connectivity index (χ1v) is 6.39. The Labute approximate surface area is 122 Å². The minimum absolute atomic E-state index is 0.152. The van der Waals surface area contributed by atoms with Crippen molar-refractivity contribution in [2.45, 2.75) is 0 Å². The second-order valence-electron chi connectivity index (χ2n) is 3.43. The molecule has 0 saturated carbocycles. The van der Waals surface area contributed by atoms with Gasteiger partial charge in [-0.2, -0.15) is 0 Å². The van der Waals surface area contributed by atoms with E-state index in [2.05, 4.69) is 22.6 Å². The summed E-state index contributed by atoms with van der Waals surface area (Å²) in [6.07, 6.45) is 0. The van der Waals surface area contributed by atoms with Crippen LogP contribution in [0.3, 0.4) is 0 Å². The molecule has 0 bridgehead atoms. The molecule has 2 rings (SSSR count). The number of nitrogens with zero attached hydrogens (tertiary/aromatic N) is 1. The Kier molecular flexibility index (Phi) is 4.03. The predicted octanol–water partition coefficient (Wildman–Crippen LogP) is 4.65. The van der Waals surface area contributed by atoms with Crippen molar-refractivity contribution in [3.63, 3.8) is 0 Å². The molecular formula is C12H7ClINO3. The van der Waals surface area contributed by atoms with Gasteiger partial charge in [0.05, 0.1) is 4.92 Å². The Morgan fingerprint density at radius 3 is 2.44 bits per heavy atom. The van der Waals surface area contributed by atoms with E-state index < -0.39 is 4.92 Å². The van der Waals surface area contributed by atoms with E-state index in [0.29, 0.717) is 10.8 Å². The van der Waals surface area contributed by atoms with Crippen molar-refractivity contribution in [3.05, 3.63) is 61.2 Å². The Balaban J connectivity index is 2.34. The number of halogens is 2. The molecule has 0 aliphatic carbocycles. The number of nitro groups is 1. The van der Waals surface area contributed by atoms with E-state index in [9.17, 15) is 10.1 Å². The van der Waals surface area contributed by atoms with Crippen LogP contribution in [0.4, 0.5) is 5.69 Å². The first-order valence-electron chi connectivity index (χ1n) is 4.93. The van der Waals surface area contributed by atoms with E-state index in [4.69, 9.17) is 16.3 Å². The zero-order chi connectivity index (χ0) is 13.1. The van der Waals surface area contributed by atoms with Gasteiger partial charge in [0.15, 0.2) is 0 Å². The fourth-order valence-electron chi connectivity index (χ4n) is 1.35. The van der Waals surface area contributed by atoms with Crippen LogP contribution >= 0.6 is 34.2 Å². The average molecular weight is 376 g/mol. The molecule has 0 aliphatic heterocycles.